The highest BCUT2D eigenvalue weighted by Gasteiger charge is 2.30. The zero-order valence-corrected chi connectivity index (χ0v) is 12.5. The minimum atomic E-state index is 0.592. The number of halogens is 1. The molecule has 3 nitrogen and oxygen atoms in total. The zero-order valence-electron chi connectivity index (χ0n) is 10.9. The Morgan fingerprint density at radius 3 is 2.89 bits per heavy atom. The number of rotatable bonds is 4. The molecule has 1 aliphatic rings. The highest BCUT2D eigenvalue weighted by molar-refractivity contribution is 9.10. The molecule has 0 amide bonds. The van der Waals surface area contributed by atoms with Crippen molar-refractivity contribution in [2.75, 3.05) is 0 Å². The monoisotopic (exact) mass is 320 g/mol. The number of hydrogen-bond donors (Lipinski definition) is 1. The quantitative estimate of drug-likeness (QED) is 0.931. The van der Waals surface area contributed by atoms with Gasteiger partial charge in [0.2, 0.25) is 0 Å². The molecule has 0 saturated heterocycles. The van der Waals surface area contributed by atoms with Gasteiger partial charge in [0.05, 0.1) is 12.2 Å². The third kappa shape index (κ3) is 3.07. The molecule has 0 atom stereocenters. The smallest absolute Gasteiger partial charge is 0.150 e. The van der Waals surface area contributed by atoms with Crippen LogP contribution in [0.5, 0.6) is 0 Å². The highest BCUT2D eigenvalue weighted by Crippen LogP contribution is 2.37. The average Bonchev–Trinajstić information content (AvgIpc) is 2.73. The molecular weight excluding hydrogens is 304 g/mol. The van der Waals surface area contributed by atoms with Crippen LogP contribution in [0.15, 0.2) is 39.3 Å². The Kier molecular flexibility index (Phi) is 3.71. The van der Waals surface area contributed by atoms with Crippen LogP contribution >= 0.6 is 15.9 Å². The molecule has 4 heteroatoms. The van der Waals surface area contributed by atoms with Crippen molar-refractivity contribution in [1.82, 2.24) is 10.5 Å². The Morgan fingerprint density at radius 2 is 2.21 bits per heavy atom. The third-order valence-corrected chi connectivity index (χ3v) is 4.19. The first-order valence-electron chi connectivity index (χ1n) is 6.62. The summed E-state index contributed by atoms with van der Waals surface area (Å²) in [7, 11) is 0. The van der Waals surface area contributed by atoms with E-state index in [4.69, 9.17) is 4.52 Å². The lowest BCUT2D eigenvalue weighted by atomic mass is 9.76. The van der Waals surface area contributed by atoms with Gasteiger partial charge in [-0.05, 0) is 43.4 Å². The van der Waals surface area contributed by atoms with Crippen LogP contribution in [-0.4, -0.2) is 11.2 Å². The van der Waals surface area contributed by atoms with Crippen LogP contribution in [0.1, 0.15) is 35.8 Å². The van der Waals surface area contributed by atoms with E-state index in [1.54, 1.807) is 0 Å². The Labute approximate surface area is 121 Å². The second kappa shape index (κ2) is 5.47. The maximum absolute atomic E-state index is 5.19. The summed E-state index contributed by atoms with van der Waals surface area (Å²) in [6, 6.07) is 11.2. The predicted octanol–water partition coefficient (Wildman–Crippen LogP) is 3.78. The van der Waals surface area contributed by atoms with Crippen molar-refractivity contribution in [3.8, 4) is 0 Å². The maximum Gasteiger partial charge on any atom is 0.150 e. The van der Waals surface area contributed by atoms with E-state index in [0.29, 0.717) is 12.0 Å². The van der Waals surface area contributed by atoms with Crippen molar-refractivity contribution < 1.29 is 4.52 Å². The number of nitrogens with one attached hydrogen (secondary N) is 1. The standard InChI is InChI=1S/C15H17BrN2O/c1-10-5-15(19-18-10)9-17-14-7-12(8-14)11-3-2-4-13(16)6-11/h2-6,12,14,17H,7-9H2,1H3. The van der Waals surface area contributed by atoms with E-state index < -0.39 is 0 Å². The van der Waals surface area contributed by atoms with Crippen molar-refractivity contribution in [3.05, 3.63) is 51.8 Å². The van der Waals surface area contributed by atoms with Gasteiger partial charge in [-0.2, -0.15) is 0 Å². The fraction of sp³-hybridized carbons (Fsp3) is 0.400. The normalized spacial score (nSPS) is 22.2. The van der Waals surface area contributed by atoms with Crippen molar-refractivity contribution >= 4 is 15.9 Å². The summed E-state index contributed by atoms with van der Waals surface area (Å²) in [5.41, 5.74) is 2.38. The summed E-state index contributed by atoms with van der Waals surface area (Å²) in [5.74, 6) is 1.61. The van der Waals surface area contributed by atoms with E-state index in [1.165, 1.54) is 22.9 Å². The lowest BCUT2D eigenvalue weighted by Crippen LogP contribution is -2.39. The minimum Gasteiger partial charge on any atom is -0.360 e. The van der Waals surface area contributed by atoms with Crippen LogP contribution < -0.4 is 5.32 Å². The minimum absolute atomic E-state index is 0.592. The summed E-state index contributed by atoms with van der Waals surface area (Å²) in [4.78, 5) is 0. The summed E-state index contributed by atoms with van der Waals surface area (Å²) in [6.45, 7) is 2.72. The van der Waals surface area contributed by atoms with Gasteiger partial charge in [-0.25, -0.2) is 0 Å². The van der Waals surface area contributed by atoms with Gasteiger partial charge in [0.15, 0.2) is 5.76 Å². The number of benzene rings is 1. The Balaban J connectivity index is 1.48. The molecule has 0 radical (unpaired) electrons. The van der Waals surface area contributed by atoms with Crippen LogP contribution in [0.2, 0.25) is 0 Å². The first kappa shape index (κ1) is 12.9. The molecule has 1 fully saturated rings. The molecule has 1 aromatic heterocycles. The topological polar surface area (TPSA) is 38.1 Å². The fourth-order valence-electron chi connectivity index (χ4n) is 2.56. The predicted molar refractivity (Wildman–Crippen MR) is 78.0 cm³/mol. The van der Waals surface area contributed by atoms with Crippen LogP contribution in [-0.2, 0) is 6.54 Å². The lowest BCUT2D eigenvalue weighted by molar-refractivity contribution is 0.274. The maximum atomic E-state index is 5.19. The largest absolute Gasteiger partial charge is 0.360 e. The summed E-state index contributed by atoms with van der Waals surface area (Å²) >= 11 is 3.53. The first-order chi connectivity index (χ1) is 9.20. The number of hydrogen-bond acceptors (Lipinski definition) is 3. The van der Waals surface area contributed by atoms with Crippen molar-refractivity contribution in [2.45, 2.75) is 38.3 Å². The molecule has 1 N–H and O–H groups in total. The summed E-state index contributed by atoms with van der Waals surface area (Å²) in [5, 5.41) is 7.41. The molecule has 0 spiro atoms. The summed E-state index contributed by atoms with van der Waals surface area (Å²) < 4.78 is 6.36. The van der Waals surface area contributed by atoms with E-state index in [2.05, 4.69) is 50.7 Å². The van der Waals surface area contributed by atoms with Crippen LogP contribution in [0.25, 0.3) is 0 Å². The van der Waals surface area contributed by atoms with Crippen molar-refractivity contribution in [3.63, 3.8) is 0 Å². The van der Waals surface area contributed by atoms with Gasteiger partial charge in [0.1, 0.15) is 0 Å². The van der Waals surface area contributed by atoms with Crippen LogP contribution in [0, 0.1) is 6.92 Å². The number of aromatic nitrogens is 1. The van der Waals surface area contributed by atoms with E-state index >= 15 is 0 Å². The van der Waals surface area contributed by atoms with Gasteiger partial charge in [-0.15, -0.1) is 0 Å². The first-order valence-corrected chi connectivity index (χ1v) is 7.41. The van der Waals surface area contributed by atoms with Crippen LogP contribution in [0.3, 0.4) is 0 Å². The van der Waals surface area contributed by atoms with Gasteiger partial charge in [-0.1, -0.05) is 33.2 Å². The molecule has 0 aliphatic heterocycles. The van der Waals surface area contributed by atoms with Gasteiger partial charge in [0, 0.05) is 16.6 Å². The fourth-order valence-corrected chi connectivity index (χ4v) is 2.98. The van der Waals surface area contributed by atoms with Gasteiger partial charge < -0.3 is 9.84 Å². The Bertz CT molecular complexity index is 561. The van der Waals surface area contributed by atoms with Crippen molar-refractivity contribution in [1.29, 1.82) is 0 Å². The van der Waals surface area contributed by atoms with E-state index in [-0.39, 0.29) is 0 Å². The van der Waals surface area contributed by atoms with Gasteiger partial charge in [0.25, 0.3) is 0 Å². The average molecular weight is 321 g/mol. The molecule has 1 aliphatic carbocycles. The van der Waals surface area contributed by atoms with Gasteiger partial charge >= 0.3 is 0 Å². The molecule has 19 heavy (non-hydrogen) atoms. The Morgan fingerprint density at radius 1 is 1.37 bits per heavy atom. The highest BCUT2D eigenvalue weighted by atomic mass is 79.9. The zero-order chi connectivity index (χ0) is 13.2. The van der Waals surface area contributed by atoms with E-state index in [9.17, 15) is 0 Å². The van der Waals surface area contributed by atoms with Gasteiger partial charge in [-0.3, -0.25) is 0 Å². The molecule has 0 bridgehead atoms. The molecule has 1 saturated carbocycles. The molecule has 100 valence electrons. The lowest BCUT2D eigenvalue weighted by Gasteiger charge is -2.36. The molecule has 3 rings (SSSR count). The van der Waals surface area contributed by atoms with E-state index in [0.717, 1.165) is 18.0 Å². The summed E-state index contributed by atoms with van der Waals surface area (Å²) in [6.07, 6.45) is 2.40. The van der Waals surface area contributed by atoms with E-state index in [1.807, 2.05) is 13.0 Å². The molecule has 1 aromatic carbocycles. The molecule has 2 aromatic rings. The SMILES string of the molecule is Cc1cc(CNC2CC(c3cccc(Br)c3)C2)on1. The third-order valence-electron chi connectivity index (χ3n) is 3.70. The molecular formula is C15H17BrN2O. The molecule has 0 unspecified atom stereocenters. The van der Waals surface area contributed by atoms with Crippen LogP contribution in [0.4, 0.5) is 0 Å². The molecule has 1 heterocycles. The second-order valence-electron chi connectivity index (χ2n) is 5.24. The van der Waals surface area contributed by atoms with Crippen molar-refractivity contribution in [2.24, 2.45) is 0 Å². The number of aryl methyl sites for hydroxylation is 1. The number of nitrogens with zero attached hydrogens (tertiary/aromatic N) is 1. The second-order valence-corrected chi connectivity index (χ2v) is 6.15. The Hall–Kier alpha value is -1.13.